The van der Waals surface area contributed by atoms with Crippen LogP contribution in [0.15, 0.2) is 54.6 Å². The van der Waals surface area contributed by atoms with Crippen LogP contribution in [0.2, 0.25) is 0 Å². The van der Waals surface area contributed by atoms with E-state index in [4.69, 9.17) is 0 Å². The van der Waals surface area contributed by atoms with Crippen molar-refractivity contribution in [3.8, 4) is 0 Å². The molecule has 0 saturated carbocycles. The van der Waals surface area contributed by atoms with Gasteiger partial charge in [0.05, 0.1) is 0 Å². The van der Waals surface area contributed by atoms with Gasteiger partial charge >= 0.3 is 94.6 Å². The molecule has 0 N–H and O–H groups in total. The molecule has 15 heavy (non-hydrogen) atoms. The van der Waals surface area contributed by atoms with Crippen LogP contribution in [0.25, 0.3) is 0 Å². The predicted octanol–water partition coefficient (Wildman–Crippen LogP) is 1.26. The van der Waals surface area contributed by atoms with E-state index in [1.165, 1.54) is 4.46 Å². The molecule has 1 aliphatic heterocycles. The normalized spacial score (nSPS) is 22.9. The third-order valence-electron chi connectivity index (χ3n) is 2.51. The average Bonchev–Trinajstić information content (AvgIpc) is 2.29. The van der Waals surface area contributed by atoms with Crippen LogP contribution in [0.5, 0.6) is 0 Å². The standard InChI is InChI=1S/C12H9OPSe/c13-14(10-6-2-1-3-7-10)11-8-4-5-9-12(11)15-14/h1-9H. The number of fused-ring (bicyclic) bond motifs is 1. The number of benzene rings is 2. The summed E-state index contributed by atoms with van der Waals surface area (Å²) < 4.78 is 14.0. The third kappa shape index (κ3) is 1.33. The zero-order chi connectivity index (χ0) is 10.3. The summed E-state index contributed by atoms with van der Waals surface area (Å²) in [6.45, 7) is 0. The molecule has 0 radical (unpaired) electrons. The first-order valence-corrected chi connectivity index (χ1v) is 9.53. The van der Waals surface area contributed by atoms with Crippen molar-refractivity contribution in [1.29, 1.82) is 0 Å². The Bertz CT molecular complexity index is 551. The van der Waals surface area contributed by atoms with Gasteiger partial charge in [-0.3, -0.25) is 0 Å². The minimum absolute atomic E-state index is 0.144. The molecule has 3 rings (SSSR count). The fourth-order valence-electron chi connectivity index (χ4n) is 1.74. The second kappa shape index (κ2) is 3.35. The third-order valence-corrected chi connectivity index (χ3v) is 11.5. The number of hydrogen-bond donors (Lipinski definition) is 0. The summed E-state index contributed by atoms with van der Waals surface area (Å²) in [5, 5.41) is 2.10. The minimum atomic E-state index is -2.17. The molecule has 1 nitrogen and oxygen atoms in total. The van der Waals surface area contributed by atoms with Gasteiger partial charge in [0.1, 0.15) is 0 Å². The fraction of sp³-hybridized carbons (Fsp3) is 0. The molecule has 1 heterocycles. The Kier molecular flexibility index (Phi) is 2.10. The first-order valence-electron chi connectivity index (χ1n) is 4.75. The molecule has 3 heteroatoms. The number of hydrogen-bond acceptors (Lipinski definition) is 1. The molecular weight excluding hydrogens is 270 g/mol. The van der Waals surface area contributed by atoms with Crippen molar-refractivity contribution in [3.05, 3.63) is 54.6 Å². The first kappa shape index (κ1) is 9.42. The molecule has 0 saturated heterocycles. The Labute approximate surface area is 94.7 Å². The summed E-state index contributed by atoms with van der Waals surface area (Å²) in [4.78, 5) is 0. The van der Waals surface area contributed by atoms with Crippen LogP contribution in [-0.4, -0.2) is 14.5 Å². The zero-order valence-electron chi connectivity index (χ0n) is 7.96. The van der Waals surface area contributed by atoms with Gasteiger partial charge in [-0.25, -0.2) is 0 Å². The Morgan fingerprint density at radius 1 is 0.867 bits per heavy atom. The Balaban J connectivity index is 2.15. The van der Waals surface area contributed by atoms with Crippen LogP contribution in [0.4, 0.5) is 0 Å². The van der Waals surface area contributed by atoms with Crippen molar-refractivity contribution >= 4 is 35.4 Å². The molecule has 0 bridgehead atoms. The molecule has 1 unspecified atom stereocenters. The average molecular weight is 279 g/mol. The van der Waals surface area contributed by atoms with Crippen molar-refractivity contribution in [2.45, 2.75) is 0 Å². The molecule has 1 atom stereocenters. The van der Waals surface area contributed by atoms with E-state index in [0.29, 0.717) is 0 Å². The van der Waals surface area contributed by atoms with Crippen LogP contribution in [0.3, 0.4) is 0 Å². The predicted molar refractivity (Wildman–Crippen MR) is 65.1 cm³/mol. The van der Waals surface area contributed by atoms with Gasteiger partial charge in [0.15, 0.2) is 0 Å². The van der Waals surface area contributed by atoms with Crippen LogP contribution in [0.1, 0.15) is 0 Å². The zero-order valence-corrected chi connectivity index (χ0v) is 10.6. The summed E-state index contributed by atoms with van der Waals surface area (Å²) in [6.07, 6.45) is 0. The van der Waals surface area contributed by atoms with E-state index in [0.717, 1.165) is 10.6 Å². The van der Waals surface area contributed by atoms with Crippen LogP contribution in [-0.2, 0) is 4.57 Å². The van der Waals surface area contributed by atoms with E-state index < -0.39 is 5.83 Å². The van der Waals surface area contributed by atoms with Crippen molar-refractivity contribution in [1.82, 2.24) is 0 Å². The van der Waals surface area contributed by atoms with Gasteiger partial charge in [0.2, 0.25) is 0 Å². The fourth-order valence-corrected chi connectivity index (χ4v) is 9.84. The Hall–Kier alpha value is -0.811. The molecule has 0 fully saturated rings. The SMILES string of the molecule is O=P1(c2ccccc2)[Se]c2ccccc21. The molecular formula is C12H9OPSe. The van der Waals surface area contributed by atoms with Crippen LogP contribution in [0, 0.1) is 0 Å². The molecule has 0 spiro atoms. The number of rotatable bonds is 1. The van der Waals surface area contributed by atoms with Gasteiger partial charge in [-0.15, -0.1) is 0 Å². The van der Waals surface area contributed by atoms with E-state index in [1.807, 2.05) is 48.5 Å². The van der Waals surface area contributed by atoms with Crippen molar-refractivity contribution in [3.63, 3.8) is 0 Å². The van der Waals surface area contributed by atoms with E-state index in [9.17, 15) is 4.57 Å². The van der Waals surface area contributed by atoms with Gasteiger partial charge in [-0.05, 0) is 0 Å². The van der Waals surface area contributed by atoms with E-state index in [2.05, 4.69) is 6.07 Å². The summed E-state index contributed by atoms with van der Waals surface area (Å²) in [7, 11) is 0. The van der Waals surface area contributed by atoms with E-state index in [1.54, 1.807) is 0 Å². The van der Waals surface area contributed by atoms with Crippen LogP contribution >= 0.6 is 5.83 Å². The van der Waals surface area contributed by atoms with Gasteiger partial charge in [-0.1, -0.05) is 0 Å². The van der Waals surface area contributed by atoms with E-state index >= 15 is 0 Å². The van der Waals surface area contributed by atoms with Crippen molar-refractivity contribution in [2.24, 2.45) is 0 Å². The van der Waals surface area contributed by atoms with Gasteiger partial charge in [-0.2, -0.15) is 0 Å². The molecule has 2 aromatic rings. The quantitative estimate of drug-likeness (QED) is 0.567. The summed E-state index contributed by atoms with van der Waals surface area (Å²) >= 11 is 0.144. The Morgan fingerprint density at radius 2 is 1.53 bits per heavy atom. The Morgan fingerprint density at radius 3 is 2.27 bits per heavy atom. The van der Waals surface area contributed by atoms with Gasteiger partial charge < -0.3 is 0 Å². The monoisotopic (exact) mass is 280 g/mol. The van der Waals surface area contributed by atoms with E-state index in [-0.39, 0.29) is 14.5 Å². The maximum absolute atomic E-state index is 12.7. The molecule has 1 aliphatic rings. The summed E-state index contributed by atoms with van der Waals surface area (Å²) in [6, 6.07) is 18.0. The molecule has 74 valence electrons. The maximum atomic E-state index is 12.7. The van der Waals surface area contributed by atoms with Crippen molar-refractivity contribution in [2.75, 3.05) is 0 Å². The second-order valence-corrected chi connectivity index (χ2v) is 11.0. The molecule has 0 amide bonds. The second-order valence-electron chi connectivity index (χ2n) is 3.45. The molecule has 0 aromatic heterocycles. The van der Waals surface area contributed by atoms with Gasteiger partial charge in [0, 0.05) is 0 Å². The summed E-state index contributed by atoms with van der Waals surface area (Å²) in [5.41, 5.74) is 0. The molecule has 2 aromatic carbocycles. The summed E-state index contributed by atoms with van der Waals surface area (Å²) in [5.74, 6) is -2.17. The molecule has 0 aliphatic carbocycles. The van der Waals surface area contributed by atoms with Gasteiger partial charge in [0.25, 0.3) is 0 Å². The van der Waals surface area contributed by atoms with Crippen molar-refractivity contribution < 1.29 is 4.57 Å². The first-order chi connectivity index (χ1) is 7.31. The van der Waals surface area contributed by atoms with Crippen LogP contribution < -0.4 is 15.1 Å². The topological polar surface area (TPSA) is 17.1 Å².